The second-order valence-corrected chi connectivity index (χ2v) is 5.51. The molecule has 0 aliphatic rings. The predicted molar refractivity (Wildman–Crippen MR) is 86.0 cm³/mol. The van der Waals surface area contributed by atoms with Gasteiger partial charge >= 0.3 is 0 Å². The van der Waals surface area contributed by atoms with Gasteiger partial charge in [-0.05, 0) is 18.7 Å². The molecule has 0 fully saturated rings. The Morgan fingerprint density at radius 1 is 1.29 bits per heavy atom. The molecular weight excluding hydrogens is 334 g/mol. The van der Waals surface area contributed by atoms with Gasteiger partial charge in [0.1, 0.15) is 11.4 Å². The summed E-state index contributed by atoms with van der Waals surface area (Å²) in [6, 6.07) is 5.96. The molecule has 1 aromatic heterocycles. The summed E-state index contributed by atoms with van der Waals surface area (Å²) < 4.78 is 13.8. The normalized spacial score (nSPS) is 12.2. The van der Waals surface area contributed by atoms with E-state index < -0.39 is 0 Å². The number of hydrogen-bond acceptors (Lipinski definition) is 4. The van der Waals surface area contributed by atoms with Crippen molar-refractivity contribution in [1.82, 2.24) is 15.1 Å². The summed E-state index contributed by atoms with van der Waals surface area (Å²) in [5, 5.41) is 7.77. The summed E-state index contributed by atoms with van der Waals surface area (Å²) in [5.74, 6) is 1.58. The number of aromatic nitrogens is 2. The first-order valence-corrected chi connectivity index (χ1v) is 7.54. The van der Waals surface area contributed by atoms with Crippen molar-refractivity contribution in [3.05, 3.63) is 40.1 Å². The molecule has 1 heterocycles. The van der Waals surface area contributed by atoms with Gasteiger partial charge < -0.3 is 14.8 Å². The van der Waals surface area contributed by atoms with Crippen molar-refractivity contribution in [2.75, 3.05) is 20.8 Å². The molecule has 21 heavy (non-hydrogen) atoms. The number of aryl methyl sites for hydroxylation is 1. The van der Waals surface area contributed by atoms with E-state index in [-0.39, 0.29) is 6.04 Å². The Labute approximate surface area is 133 Å². The largest absolute Gasteiger partial charge is 0.496 e. The first-order chi connectivity index (χ1) is 10.1. The molecule has 114 valence electrons. The molecule has 0 aliphatic carbocycles. The van der Waals surface area contributed by atoms with Crippen LogP contribution in [0.25, 0.3) is 0 Å². The number of ether oxygens (including phenoxy) is 2. The molecule has 2 rings (SSSR count). The van der Waals surface area contributed by atoms with Gasteiger partial charge in [-0.2, -0.15) is 5.10 Å². The minimum absolute atomic E-state index is 0.0551. The minimum Gasteiger partial charge on any atom is -0.496 e. The third-order valence-electron chi connectivity index (χ3n) is 3.36. The maximum absolute atomic E-state index is 5.52. The SMILES string of the molecule is CCNC(c1ccc(Br)cc1OC)c1c(OC)cnn1C. The van der Waals surface area contributed by atoms with Gasteiger partial charge in [-0.15, -0.1) is 0 Å². The molecule has 0 bridgehead atoms. The molecule has 5 nitrogen and oxygen atoms in total. The lowest BCUT2D eigenvalue weighted by atomic mass is 10.0. The molecule has 0 amide bonds. The third-order valence-corrected chi connectivity index (χ3v) is 3.85. The number of nitrogens with zero attached hydrogens (tertiary/aromatic N) is 2. The smallest absolute Gasteiger partial charge is 0.161 e. The van der Waals surface area contributed by atoms with E-state index in [1.165, 1.54) is 0 Å². The zero-order valence-electron chi connectivity index (χ0n) is 12.7. The monoisotopic (exact) mass is 353 g/mol. The first-order valence-electron chi connectivity index (χ1n) is 6.75. The summed E-state index contributed by atoms with van der Waals surface area (Å²) in [6.07, 6.45) is 1.73. The molecule has 1 N–H and O–H groups in total. The fourth-order valence-corrected chi connectivity index (χ4v) is 2.73. The Bertz CT molecular complexity index is 613. The van der Waals surface area contributed by atoms with Crippen LogP contribution in [0.4, 0.5) is 0 Å². The molecule has 1 aromatic carbocycles. The fourth-order valence-electron chi connectivity index (χ4n) is 2.39. The van der Waals surface area contributed by atoms with Crippen LogP contribution in [-0.4, -0.2) is 30.5 Å². The molecule has 0 spiro atoms. The molecule has 0 saturated carbocycles. The lowest BCUT2D eigenvalue weighted by Crippen LogP contribution is -2.25. The molecular formula is C15H20BrN3O2. The number of hydrogen-bond donors (Lipinski definition) is 1. The van der Waals surface area contributed by atoms with Gasteiger partial charge in [0, 0.05) is 17.1 Å². The van der Waals surface area contributed by atoms with Crippen LogP contribution in [0.5, 0.6) is 11.5 Å². The highest BCUT2D eigenvalue weighted by atomic mass is 79.9. The quantitative estimate of drug-likeness (QED) is 0.867. The van der Waals surface area contributed by atoms with Gasteiger partial charge in [0.05, 0.1) is 26.5 Å². The Morgan fingerprint density at radius 2 is 2.00 bits per heavy atom. The molecule has 1 unspecified atom stereocenters. The van der Waals surface area contributed by atoms with Crippen molar-refractivity contribution in [3.8, 4) is 11.5 Å². The van der Waals surface area contributed by atoms with Crippen LogP contribution in [0.3, 0.4) is 0 Å². The van der Waals surface area contributed by atoms with Gasteiger partial charge in [0.25, 0.3) is 0 Å². The van der Waals surface area contributed by atoms with E-state index in [1.807, 2.05) is 29.9 Å². The average molecular weight is 354 g/mol. The highest BCUT2D eigenvalue weighted by Crippen LogP contribution is 2.35. The zero-order chi connectivity index (χ0) is 15.4. The van der Waals surface area contributed by atoms with E-state index in [1.54, 1.807) is 20.4 Å². The molecule has 2 aromatic rings. The lowest BCUT2D eigenvalue weighted by molar-refractivity contribution is 0.390. The topological polar surface area (TPSA) is 48.3 Å². The lowest BCUT2D eigenvalue weighted by Gasteiger charge is -2.22. The van der Waals surface area contributed by atoms with Gasteiger partial charge in [-0.25, -0.2) is 0 Å². The number of nitrogens with one attached hydrogen (secondary N) is 1. The van der Waals surface area contributed by atoms with Crippen molar-refractivity contribution >= 4 is 15.9 Å². The van der Waals surface area contributed by atoms with E-state index in [0.717, 1.165) is 33.8 Å². The predicted octanol–water partition coefficient (Wildman–Crippen LogP) is 2.90. The molecule has 0 aliphatic heterocycles. The average Bonchev–Trinajstić information content (AvgIpc) is 2.86. The number of benzene rings is 1. The summed E-state index contributed by atoms with van der Waals surface area (Å²) in [5.41, 5.74) is 2.02. The maximum Gasteiger partial charge on any atom is 0.161 e. The summed E-state index contributed by atoms with van der Waals surface area (Å²) in [6.45, 7) is 2.89. The Balaban J connectivity index is 2.56. The highest BCUT2D eigenvalue weighted by Gasteiger charge is 2.24. The second-order valence-electron chi connectivity index (χ2n) is 4.60. The number of methoxy groups -OCH3 is 2. The van der Waals surface area contributed by atoms with Crippen LogP contribution in [0.15, 0.2) is 28.9 Å². The van der Waals surface area contributed by atoms with Crippen LogP contribution in [0.1, 0.15) is 24.2 Å². The van der Waals surface area contributed by atoms with Gasteiger partial charge in [-0.1, -0.05) is 28.9 Å². The van der Waals surface area contributed by atoms with Crippen molar-refractivity contribution in [2.24, 2.45) is 7.05 Å². The first kappa shape index (κ1) is 15.9. The van der Waals surface area contributed by atoms with Crippen molar-refractivity contribution in [3.63, 3.8) is 0 Å². The maximum atomic E-state index is 5.52. The van der Waals surface area contributed by atoms with Crippen LogP contribution in [0.2, 0.25) is 0 Å². The Kier molecular flexibility index (Phi) is 5.25. The van der Waals surface area contributed by atoms with E-state index in [2.05, 4.69) is 33.3 Å². The molecule has 1 atom stereocenters. The third kappa shape index (κ3) is 3.22. The van der Waals surface area contributed by atoms with Crippen LogP contribution >= 0.6 is 15.9 Å². The zero-order valence-corrected chi connectivity index (χ0v) is 14.3. The Hall–Kier alpha value is -1.53. The van der Waals surface area contributed by atoms with Gasteiger partial charge in [0.15, 0.2) is 5.75 Å². The van der Waals surface area contributed by atoms with E-state index >= 15 is 0 Å². The van der Waals surface area contributed by atoms with E-state index in [0.29, 0.717) is 0 Å². The van der Waals surface area contributed by atoms with Crippen molar-refractivity contribution in [1.29, 1.82) is 0 Å². The van der Waals surface area contributed by atoms with Gasteiger partial charge in [0.2, 0.25) is 0 Å². The Morgan fingerprint density at radius 3 is 2.62 bits per heavy atom. The standard InChI is InChI=1S/C15H20BrN3O2/c1-5-17-14(15-13(21-4)9-18-19(15)2)11-7-6-10(16)8-12(11)20-3/h6-9,14,17H,5H2,1-4H3. The van der Waals surface area contributed by atoms with Crippen molar-refractivity contribution < 1.29 is 9.47 Å². The van der Waals surface area contributed by atoms with Crippen LogP contribution in [0, 0.1) is 0 Å². The van der Waals surface area contributed by atoms with Crippen molar-refractivity contribution in [2.45, 2.75) is 13.0 Å². The number of halogens is 1. The number of rotatable bonds is 6. The van der Waals surface area contributed by atoms with Crippen LogP contribution < -0.4 is 14.8 Å². The van der Waals surface area contributed by atoms with Crippen LogP contribution in [-0.2, 0) is 7.05 Å². The summed E-state index contributed by atoms with van der Waals surface area (Å²) >= 11 is 3.47. The fraction of sp³-hybridized carbons (Fsp3) is 0.400. The minimum atomic E-state index is -0.0551. The molecule has 0 saturated heterocycles. The highest BCUT2D eigenvalue weighted by molar-refractivity contribution is 9.10. The molecule has 6 heteroatoms. The molecule has 0 radical (unpaired) electrons. The summed E-state index contributed by atoms with van der Waals surface area (Å²) in [7, 11) is 5.24. The van der Waals surface area contributed by atoms with E-state index in [9.17, 15) is 0 Å². The summed E-state index contributed by atoms with van der Waals surface area (Å²) in [4.78, 5) is 0. The van der Waals surface area contributed by atoms with Gasteiger partial charge in [-0.3, -0.25) is 4.68 Å². The second kappa shape index (κ2) is 6.95. The van der Waals surface area contributed by atoms with E-state index in [4.69, 9.17) is 9.47 Å².